The van der Waals surface area contributed by atoms with Gasteiger partial charge < -0.3 is 39.9 Å². The summed E-state index contributed by atoms with van der Waals surface area (Å²) in [7, 11) is 0. The van der Waals surface area contributed by atoms with Gasteiger partial charge >= 0.3 is 11.9 Å². The molecule has 5 N–H and O–H groups in total. The molecule has 2 aliphatic carbocycles. The largest absolute Gasteiger partial charge is 0.487 e. The van der Waals surface area contributed by atoms with Crippen molar-refractivity contribution in [1.29, 1.82) is 0 Å². The number of rotatable bonds is 19. The predicted octanol–water partition coefficient (Wildman–Crippen LogP) is 8.49. The number of nitrogens with one attached hydrogen (secondary N) is 4. The zero-order chi connectivity index (χ0) is 49.6. The van der Waals surface area contributed by atoms with Gasteiger partial charge in [-0.2, -0.15) is 0 Å². The maximum absolute atomic E-state index is 13.8. The molecule has 9 rings (SSSR count). The number of aromatic nitrogens is 2. The van der Waals surface area contributed by atoms with E-state index in [-0.39, 0.29) is 48.6 Å². The first-order valence-electron chi connectivity index (χ1n) is 25.0. The van der Waals surface area contributed by atoms with Crippen LogP contribution in [0.5, 0.6) is 11.5 Å². The molecule has 0 fully saturated rings. The Morgan fingerprint density at radius 1 is 0.606 bits per heavy atom. The second-order valence-electron chi connectivity index (χ2n) is 18.7. The molecule has 2 atom stereocenters. The third kappa shape index (κ3) is 11.1. The quantitative estimate of drug-likeness (QED) is 0.0301. The highest BCUT2D eigenvalue weighted by molar-refractivity contribution is 5.95. The van der Waals surface area contributed by atoms with Crippen molar-refractivity contribution in [3.63, 3.8) is 0 Å². The molecule has 7 aromatic rings. The first-order chi connectivity index (χ1) is 34.5. The normalized spacial score (nSPS) is 14.5. The van der Waals surface area contributed by atoms with Crippen LogP contribution in [0.3, 0.4) is 0 Å². The van der Waals surface area contributed by atoms with E-state index in [0.717, 1.165) is 69.1 Å². The third-order valence-electron chi connectivity index (χ3n) is 14.2. The molecule has 2 aromatic heterocycles. The Kier molecular flexibility index (Phi) is 15.1. The summed E-state index contributed by atoms with van der Waals surface area (Å²) in [6, 6.07) is 32.2. The number of aromatic amines is 2. The van der Waals surface area contributed by atoms with Crippen molar-refractivity contribution >= 4 is 33.7 Å². The summed E-state index contributed by atoms with van der Waals surface area (Å²) >= 11 is 0. The summed E-state index contributed by atoms with van der Waals surface area (Å²) in [6.45, 7) is 9.53. The number of fused-ring (bicyclic) bond motifs is 4. The lowest BCUT2D eigenvalue weighted by molar-refractivity contribution is -0.143. The minimum atomic E-state index is -0.923. The van der Waals surface area contributed by atoms with Crippen LogP contribution >= 0.6 is 0 Å². The van der Waals surface area contributed by atoms with E-state index in [9.17, 15) is 24.3 Å². The first-order valence-corrected chi connectivity index (χ1v) is 25.0. The lowest BCUT2D eigenvalue weighted by Crippen LogP contribution is -2.34. The number of aliphatic hydroxyl groups is 1. The van der Waals surface area contributed by atoms with Crippen LogP contribution in [0.1, 0.15) is 101 Å². The Bertz CT molecular complexity index is 3180. The van der Waals surface area contributed by atoms with Gasteiger partial charge in [0.05, 0.1) is 17.1 Å². The van der Waals surface area contributed by atoms with Gasteiger partial charge in [0.15, 0.2) is 5.75 Å². The molecular weight excluding hydrogens is 893 g/mol. The topological polar surface area (TPSA) is 172 Å². The summed E-state index contributed by atoms with van der Waals surface area (Å²) < 4.78 is 18.1. The molecule has 0 aliphatic heterocycles. The van der Waals surface area contributed by atoms with Crippen LogP contribution in [-0.2, 0) is 72.3 Å². The first kappa shape index (κ1) is 48.9. The van der Waals surface area contributed by atoms with Crippen molar-refractivity contribution < 1.29 is 28.9 Å². The smallest absolute Gasteiger partial charge is 0.336 e. The number of carbonyl (C=O) groups is 2. The van der Waals surface area contributed by atoms with E-state index in [2.05, 4.69) is 72.6 Å². The second kappa shape index (κ2) is 21.9. The summed E-state index contributed by atoms with van der Waals surface area (Å²) in [5.74, 6) is -1.15. The molecule has 0 spiro atoms. The number of carbonyl (C=O) groups excluding carboxylic acids is 2. The predicted molar refractivity (Wildman–Crippen MR) is 277 cm³/mol. The Morgan fingerprint density at radius 2 is 1.08 bits per heavy atom. The number of H-pyrrole nitrogens is 2. The van der Waals surface area contributed by atoms with Crippen LogP contribution in [0.2, 0.25) is 0 Å². The van der Waals surface area contributed by atoms with Gasteiger partial charge in [0, 0.05) is 65.8 Å². The number of pyridine rings is 2. The molecular formula is C59H62N4O8. The molecule has 12 nitrogen and oxygen atoms in total. The fraction of sp³-hybridized carbons (Fsp3) is 0.322. The molecule has 71 heavy (non-hydrogen) atoms. The molecule has 0 bridgehead atoms. The monoisotopic (exact) mass is 954 g/mol. The van der Waals surface area contributed by atoms with E-state index in [4.69, 9.17) is 14.2 Å². The number of benzene rings is 5. The molecule has 12 heteroatoms. The zero-order valence-corrected chi connectivity index (χ0v) is 40.9. The lowest BCUT2D eigenvalue weighted by atomic mass is 9.97. The van der Waals surface area contributed by atoms with E-state index < -0.39 is 29.7 Å². The molecule has 5 aromatic carbocycles. The summed E-state index contributed by atoms with van der Waals surface area (Å²) in [6.07, 6.45) is 7.57. The van der Waals surface area contributed by atoms with E-state index in [1.165, 1.54) is 62.7 Å². The van der Waals surface area contributed by atoms with E-state index in [0.29, 0.717) is 33.2 Å². The number of aryl methyl sites for hydroxylation is 4. The van der Waals surface area contributed by atoms with E-state index in [1.807, 2.05) is 36.4 Å². The van der Waals surface area contributed by atoms with Gasteiger partial charge in [-0.05, 0) is 131 Å². The molecule has 2 aliphatic rings. The minimum absolute atomic E-state index is 0.0566. The highest BCUT2D eigenvalue weighted by atomic mass is 16.5. The number of hydrogen-bond acceptors (Lipinski definition) is 10. The van der Waals surface area contributed by atoms with Crippen LogP contribution in [-0.4, -0.2) is 52.2 Å². The maximum Gasteiger partial charge on any atom is 0.336 e. The van der Waals surface area contributed by atoms with Crippen molar-refractivity contribution in [3.8, 4) is 11.5 Å². The third-order valence-corrected chi connectivity index (χ3v) is 14.2. The summed E-state index contributed by atoms with van der Waals surface area (Å²) in [4.78, 5) is 58.2. The highest BCUT2D eigenvalue weighted by Gasteiger charge is 2.28. The minimum Gasteiger partial charge on any atom is -0.487 e. The Hall–Kier alpha value is -7.12. The fourth-order valence-corrected chi connectivity index (χ4v) is 10.5. The van der Waals surface area contributed by atoms with Gasteiger partial charge in [-0.15, -0.1) is 0 Å². The van der Waals surface area contributed by atoms with Crippen LogP contribution < -0.4 is 31.2 Å². The van der Waals surface area contributed by atoms with Crippen molar-refractivity contribution in [2.75, 3.05) is 13.1 Å². The summed E-state index contributed by atoms with van der Waals surface area (Å²) in [5.41, 5.74) is 13.0. The molecule has 0 saturated heterocycles. The highest BCUT2D eigenvalue weighted by Crippen LogP contribution is 2.34. The fourth-order valence-electron chi connectivity index (χ4n) is 10.5. The van der Waals surface area contributed by atoms with Crippen LogP contribution in [0, 0.1) is 0 Å². The van der Waals surface area contributed by atoms with Gasteiger partial charge in [0.1, 0.15) is 18.5 Å². The number of hydrogen-bond donors (Lipinski definition) is 5. The standard InChI is InChI=1S/C59H62N4O8/c1-5-36-24-40-28-44(29-41(40)25-37(36)6-2)60-32-50(64)46-14-19-52(59-48(46)16-20-55(66)63-59)70-56(67)22-23-57(68)71-53(33-61-45-30-42-26-38(7-3)39(8-4)27-43(42)31-45)47-15-18-51(58-49(47)17-21-54(65)62-58)69-34-35-12-10-9-11-13-35/h9-27,44-45,50,53,60-61,64H,5-8,28-34H2,1-4H3,(H,62,65)(H,63,66)/b23-22-/t50-,53-/m0/s1. The summed E-state index contributed by atoms with van der Waals surface area (Å²) in [5, 5.41) is 19.8. The average molecular weight is 955 g/mol. The van der Waals surface area contributed by atoms with Crippen molar-refractivity contribution in [1.82, 2.24) is 20.6 Å². The molecule has 0 radical (unpaired) electrons. The van der Waals surface area contributed by atoms with Gasteiger partial charge in [0.25, 0.3) is 0 Å². The molecule has 0 saturated carbocycles. The van der Waals surface area contributed by atoms with Gasteiger partial charge in [0.2, 0.25) is 11.1 Å². The van der Waals surface area contributed by atoms with Gasteiger partial charge in [-0.25, -0.2) is 9.59 Å². The van der Waals surface area contributed by atoms with Crippen molar-refractivity contribution in [2.24, 2.45) is 0 Å². The number of esters is 2. The molecule has 366 valence electrons. The lowest BCUT2D eigenvalue weighted by Gasteiger charge is -2.23. The average Bonchev–Trinajstić information content (AvgIpc) is 3.99. The molecule has 2 heterocycles. The number of ether oxygens (including phenoxy) is 3. The SMILES string of the molecule is CCc1cc2c(cc1CC)CC(NC[C@H](OC(=O)/C=C\C(=O)Oc1ccc([C@@H](O)CNC3Cc4cc(CC)c(CC)cc4C3)c3ccc(=O)[nH]c13)c1ccc(OCc3ccccc3)c3[nH]c(=O)ccc13)C2. The van der Waals surface area contributed by atoms with Crippen LogP contribution in [0.15, 0.2) is 125 Å². The Morgan fingerprint density at radius 3 is 1.63 bits per heavy atom. The van der Waals surface area contributed by atoms with Crippen molar-refractivity contribution in [3.05, 3.63) is 197 Å². The van der Waals surface area contributed by atoms with E-state index in [1.54, 1.807) is 24.3 Å². The molecule has 0 amide bonds. The van der Waals surface area contributed by atoms with Crippen LogP contribution in [0.4, 0.5) is 0 Å². The van der Waals surface area contributed by atoms with Gasteiger partial charge in [-0.3, -0.25) is 9.59 Å². The van der Waals surface area contributed by atoms with Crippen molar-refractivity contribution in [2.45, 2.75) is 110 Å². The number of aliphatic hydroxyl groups excluding tert-OH is 1. The Labute approximate surface area is 413 Å². The Balaban J connectivity index is 0.906. The second-order valence-corrected chi connectivity index (χ2v) is 18.7. The van der Waals surface area contributed by atoms with Gasteiger partial charge in [-0.1, -0.05) is 94.4 Å². The maximum atomic E-state index is 13.8. The zero-order valence-electron chi connectivity index (χ0n) is 40.9. The van der Waals surface area contributed by atoms with Crippen LogP contribution in [0.25, 0.3) is 21.8 Å². The van der Waals surface area contributed by atoms with E-state index >= 15 is 0 Å². The molecule has 0 unspecified atom stereocenters.